The monoisotopic (exact) mass is 192 g/mol. The van der Waals surface area contributed by atoms with Crippen LogP contribution >= 0.6 is 13.5 Å². The Labute approximate surface area is 82.1 Å². The zero-order valence-corrected chi connectivity index (χ0v) is 9.60. The fraction of sp³-hybridized carbons (Fsp3) is 0.889. The third kappa shape index (κ3) is 5.47. The molecule has 0 aromatic carbocycles. The Morgan fingerprint density at radius 1 is 1.42 bits per heavy atom. The quantitative estimate of drug-likeness (QED) is 0.628. The number of hydrogen-bond acceptors (Lipinski definition) is 2. The van der Waals surface area contributed by atoms with E-state index in [1.54, 1.807) is 0 Å². The summed E-state index contributed by atoms with van der Waals surface area (Å²) >= 11 is 0. The van der Waals surface area contributed by atoms with Gasteiger partial charge in [-0.05, 0) is 11.3 Å². The van der Waals surface area contributed by atoms with Crippen LogP contribution in [0.3, 0.4) is 0 Å². The highest BCUT2D eigenvalue weighted by Gasteiger charge is 2.22. The molecule has 0 rings (SSSR count). The van der Waals surface area contributed by atoms with Gasteiger partial charge in [-0.25, -0.2) is 0 Å². The summed E-state index contributed by atoms with van der Waals surface area (Å²) < 4.78 is 4.58. The van der Waals surface area contributed by atoms with Gasteiger partial charge in [-0.1, -0.05) is 27.7 Å². The third-order valence-corrected chi connectivity index (χ3v) is 2.18. The Balaban J connectivity index is 0. The van der Waals surface area contributed by atoms with Gasteiger partial charge >= 0.3 is 5.97 Å². The highest BCUT2D eigenvalue weighted by atomic mass is 32.1. The lowest BCUT2D eigenvalue weighted by atomic mass is 9.80. The molecule has 0 unspecified atom stereocenters. The molecular weight excluding hydrogens is 172 g/mol. The van der Waals surface area contributed by atoms with E-state index >= 15 is 0 Å². The molecule has 0 saturated carbocycles. The molecule has 12 heavy (non-hydrogen) atoms. The second kappa shape index (κ2) is 5.46. The van der Waals surface area contributed by atoms with E-state index in [0.717, 1.165) is 0 Å². The average molecular weight is 192 g/mol. The molecule has 0 N–H and O–H groups in total. The maximum atomic E-state index is 10.8. The van der Waals surface area contributed by atoms with Crippen LogP contribution in [0.1, 0.15) is 34.1 Å². The number of rotatable bonds is 2. The molecule has 0 bridgehead atoms. The van der Waals surface area contributed by atoms with Gasteiger partial charge in [0.25, 0.3) is 0 Å². The molecule has 0 fully saturated rings. The van der Waals surface area contributed by atoms with Crippen molar-refractivity contribution in [3.8, 4) is 0 Å². The molecule has 0 aliphatic rings. The Kier molecular flexibility index (Phi) is 6.53. The number of esters is 1. The molecule has 0 radical (unpaired) electrons. The molecule has 74 valence electrons. The number of methoxy groups -OCH3 is 1. The third-order valence-electron chi connectivity index (χ3n) is 2.18. The van der Waals surface area contributed by atoms with E-state index in [-0.39, 0.29) is 24.9 Å². The second-order valence-corrected chi connectivity index (χ2v) is 4.05. The van der Waals surface area contributed by atoms with E-state index in [2.05, 4.69) is 32.4 Å². The van der Waals surface area contributed by atoms with Crippen molar-refractivity contribution in [2.75, 3.05) is 7.11 Å². The van der Waals surface area contributed by atoms with E-state index in [9.17, 15) is 4.79 Å². The molecular formula is C9H20O2S. The number of ether oxygens (including phenoxy) is 1. The second-order valence-electron chi connectivity index (χ2n) is 4.05. The molecule has 0 saturated heterocycles. The van der Waals surface area contributed by atoms with Crippen LogP contribution in [-0.2, 0) is 9.53 Å². The number of carbonyl (C=O) groups is 1. The van der Waals surface area contributed by atoms with Gasteiger partial charge in [0.15, 0.2) is 0 Å². The minimum absolute atomic E-state index is 0. The molecule has 0 aromatic heterocycles. The predicted octanol–water partition coefficient (Wildman–Crippen LogP) is 2.34. The smallest absolute Gasteiger partial charge is 0.305 e. The Morgan fingerprint density at radius 2 is 1.83 bits per heavy atom. The lowest BCUT2D eigenvalue weighted by Crippen LogP contribution is -2.20. The summed E-state index contributed by atoms with van der Waals surface area (Å²) in [4.78, 5) is 10.8. The molecule has 0 aromatic rings. The van der Waals surface area contributed by atoms with Crippen molar-refractivity contribution in [2.24, 2.45) is 11.3 Å². The molecule has 0 aliphatic carbocycles. The van der Waals surface area contributed by atoms with Crippen LogP contribution in [0.15, 0.2) is 0 Å². The maximum absolute atomic E-state index is 10.8. The zero-order valence-electron chi connectivity index (χ0n) is 8.60. The van der Waals surface area contributed by atoms with Crippen LogP contribution in [-0.4, -0.2) is 13.1 Å². The van der Waals surface area contributed by atoms with E-state index in [0.29, 0.717) is 12.3 Å². The fourth-order valence-corrected chi connectivity index (χ4v) is 0.640. The van der Waals surface area contributed by atoms with Gasteiger partial charge < -0.3 is 4.74 Å². The van der Waals surface area contributed by atoms with Gasteiger partial charge in [0, 0.05) is 6.42 Å². The Bertz CT molecular complexity index is 138. The van der Waals surface area contributed by atoms with Crippen molar-refractivity contribution in [1.82, 2.24) is 0 Å². The van der Waals surface area contributed by atoms with Gasteiger partial charge in [0.1, 0.15) is 0 Å². The highest BCUT2D eigenvalue weighted by molar-refractivity contribution is 7.59. The summed E-state index contributed by atoms with van der Waals surface area (Å²) in [6.45, 7) is 8.44. The summed E-state index contributed by atoms with van der Waals surface area (Å²) in [6.07, 6.45) is 0.514. The van der Waals surface area contributed by atoms with Crippen LogP contribution < -0.4 is 0 Å². The molecule has 0 aliphatic heterocycles. The first-order chi connectivity index (χ1) is 4.88. The first-order valence-corrected chi connectivity index (χ1v) is 3.94. The van der Waals surface area contributed by atoms with Crippen molar-refractivity contribution >= 4 is 19.5 Å². The Morgan fingerprint density at radius 3 is 2.08 bits per heavy atom. The van der Waals surface area contributed by atoms with Crippen molar-refractivity contribution < 1.29 is 9.53 Å². The normalized spacial score (nSPS) is 13.1. The first kappa shape index (κ1) is 14.3. The highest BCUT2D eigenvalue weighted by Crippen LogP contribution is 2.27. The topological polar surface area (TPSA) is 26.3 Å². The van der Waals surface area contributed by atoms with Crippen molar-refractivity contribution in [3.63, 3.8) is 0 Å². The molecule has 0 spiro atoms. The van der Waals surface area contributed by atoms with Crippen molar-refractivity contribution in [1.29, 1.82) is 0 Å². The van der Waals surface area contributed by atoms with Gasteiger partial charge in [0.05, 0.1) is 7.11 Å². The number of carbonyl (C=O) groups excluding carboxylic acids is 1. The minimum atomic E-state index is -0.118. The number of hydrogen-bond donors (Lipinski definition) is 0. The van der Waals surface area contributed by atoms with Crippen LogP contribution in [0.4, 0.5) is 0 Å². The van der Waals surface area contributed by atoms with Gasteiger partial charge in [0.2, 0.25) is 0 Å². The van der Waals surface area contributed by atoms with E-state index < -0.39 is 0 Å². The Hall–Kier alpha value is -0.180. The molecule has 2 nitrogen and oxygen atoms in total. The summed E-state index contributed by atoms with van der Waals surface area (Å²) in [5.74, 6) is 0.252. The molecule has 3 heteroatoms. The summed E-state index contributed by atoms with van der Waals surface area (Å²) in [5.41, 5.74) is 0.189. The van der Waals surface area contributed by atoms with E-state index in [4.69, 9.17) is 0 Å². The standard InChI is InChI=1S/C9H18O2.H2S/c1-7(9(2,3)4)6-8(10)11-5;/h7H,6H2,1-5H3;1H2/t7-;/m1./s1. The van der Waals surface area contributed by atoms with Crippen LogP contribution in [0.2, 0.25) is 0 Å². The van der Waals surface area contributed by atoms with Crippen LogP contribution in [0, 0.1) is 11.3 Å². The van der Waals surface area contributed by atoms with Gasteiger partial charge in [-0.3, -0.25) is 4.79 Å². The summed E-state index contributed by atoms with van der Waals surface area (Å²) in [6, 6.07) is 0. The predicted molar refractivity (Wildman–Crippen MR) is 55.6 cm³/mol. The minimum Gasteiger partial charge on any atom is -0.469 e. The van der Waals surface area contributed by atoms with Crippen LogP contribution in [0.25, 0.3) is 0 Å². The van der Waals surface area contributed by atoms with Crippen molar-refractivity contribution in [2.45, 2.75) is 34.1 Å². The van der Waals surface area contributed by atoms with Gasteiger partial charge in [-0.15, -0.1) is 0 Å². The van der Waals surface area contributed by atoms with E-state index in [1.165, 1.54) is 7.11 Å². The van der Waals surface area contributed by atoms with Gasteiger partial charge in [-0.2, -0.15) is 13.5 Å². The summed E-state index contributed by atoms with van der Waals surface area (Å²) in [7, 11) is 1.43. The lowest BCUT2D eigenvalue weighted by molar-refractivity contribution is -0.142. The summed E-state index contributed by atoms with van der Waals surface area (Å²) in [5, 5.41) is 0. The SMILES string of the molecule is COC(=O)C[C@@H](C)C(C)(C)C.S. The average Bonchev–Trinajstić information content (AvgIpc) is 1.85. The zero-order chi connectivity index (χ0) is 9.07. The maximum Gasteiger partial charge on any atom is 0.305 e. The van der Waals surface area contributed by atoms with E-state index in [1.807, 2.05) is 0 Å². The fourth-order valence-electron chi connectivity index (χ4n) is 0.640. The molecule has 0 heterocycles. The van der Waals surface area contributed by atoms with Crippen molar-refractivity contribution in [3.05, 3.63) is 0 Å². The lowest BCUT2D eigenvalue weighted by Gasteiger charge is -2.25. The first-order valence-electron chi connectivity index (χ1n) is 3.94. The van der Waals surface area contributed by atoms with Crippen LogP contribution in [0.5, 0.6) is 0 Å². The largest absolute Gasteiger partial charge is 0.469 e. The molecule has 1 atom stereocenters. The molecule has 0 amide bonds.